The van der Waals surface area contributed by atoms with Crippen molar-refractivity contribution >= 4 is 23.4 Å². The van der Waals surface area contributed by atoms with Crippen LogP contribution >= 0.6 is 0 Å². The Balaban J connectivity index is 2.29. The molecule has 0 aliphatic heterocycles. The van der Waals surface area contributed by atoms with Gasteiger partial charge in [0.1, 0.15) is 23.1 Å². The molecule has 0 fully saturated rings. The molecule has 0 unspecified atom stereocenters. The number of nitro groups is 1. The second-order valence-electron chi connectivity index (χ2n) is 4.42. The zero-order valence-corrected chi connectivity index (χ0v) is 11.6. The summed E-state index contributed by atoms with van der Waals surface area (Å²) in [7, 11) is 0. The van der Waals surface area contributed by atoms with Crippen LogP contribution in [-0.2, 0) is 4.79 Å². The first-order chi connectivity index (χ1) is 10.5. The molecule has 7 heteroatoms. The Morgan fingerprint density at radius 2 is 2.23 bits per heavy atom. The van der Waals surface area contributed by atoms with Crippen LogP contribution in [0.3, 0.4) is 0 Å². The molecule has 0 aliphatic rings. The van der Waals surface area contributed by atoms with E-state index in [1.807, 2.05) is 0 Å². The van der Waals surface area contributed by atoms with Crippen molar-refractivity contribution in [3.63, 3.8) is 0 Å². The van der Waals surface area contributed by atoms with Crippen molar-refractivity contribution in [1.29, 1.82) is 5.26 Å². The summed E-state index contributed by atoms with van der Waals surface area (Å²) in [6.07, 6.45) is 2.67. The lowest BCUT2D eigenvalue weighted by atomic mass is 10.1. The average molecular weight is 297 g/mol. The number of carbonyl (C=O) groups excluding carboxylic acids is 1. The molecule has 2 aromatic rings. The summed E-state index contributed by atoms with van der Waals surface area (Å²) >= 11 is 0. The molecule has 0 saturated carbocycles. The molecule has 0 radical (unpaired) electrons. The van der Waals surface area contributed by atoms with Crippen molar-refractivity contribution in [1.82, 2.24) is 0 Å². The van der Waals surface area contributed by atoms with Gasteiger partial charge >= 0.3 is 0 Å². The van der Waals surface area contributed by atoms with Gasteiger partial charge in [0, 0.05) is 12.1 Å². The molecule has 0 aliphatic carbocycles. The smallest absolute Gasteiger partial charge is 0.293 e. The first kappa shape index (κ1) is 15.0. The van der Waals surface area contributed by atoms with Crippen LogP contribution in [0.4, 0.5) is 11.4 Å². The van der Waals surface area contributed by atoms with Crippen molar-refractivity contribution in [3.05, 3.63) is 63.6 Å². The van der Waals surface area contributed by atoms with E-state index in [-0.39, 0.29) is 16.9 Å². The Morgan fingerprint density at radius 1 is 1.45 bits per heavy atom. The maximum atomic E-state index is 12.1. The maximum Gasteiger partial charge on any atom is 0.293 e. The third-order valence-corrected chi connectivity index (χ3v) is 2.79. The third-order valence-electron chi connectivity index (χ3n) is 2.79. The van der Waals surface area contributed by atoms with E-state index in [0.29, 0.717) is 11.3 Å². The summed E-state index contributed by atoms with van der Waals surface area (Å²) in [4.78, 5) is 22.5. The fourth-order valence-electron chi connectivity index (χ4n) is 1.75. The molecule has 22 heavy (non-hydrogen) atoms. The van der Waals surface area contributed by atoms with E-state index < -0.39 is 10.8 Å². The summed E-state index contributed by atoms with van der Waals surface area (Å²) in [5.74, 6) is -0.407. The Bertz CT molecular complexity index is 786. The number of nitriles is 1. The minimum atomic E-state index is -0.745. The van der Waals surface area contributed by atoms with E-state index in [1.54, 1.807) is 31.2 Å². The van der Waals surface area contributed by atoms with Gasteiger partial charge in [0.2, 0.25) is 0 Å². The summed E-state index contributed by atoms with van der Waals surface area (Å²) in [5, 5.41) is 22.4. The molecule has 1 amide bonds. The number of hydrogen-bond donors (Lipinski definition) is 1. The molecule has 1 heterocycles. The molecule has 0 atom stereocenters. The highest BCUT2D eigenvalue weighted by molar-refractivity contribution is 6.10. The second-order valence-corrected chi connectivity index (χ2v) is 4.42. The van der Waals surface area contributed by atoms with Crippen LogP contribution < -0.4 is 5.32 Å². The Labute approximate surface area is 125 Å². The van der Waals surface area contributed by atoms with Gasteiger partial charge in [-0.05, 0) is 30.7 Å². The summed E-state index contributed by atoms with van der Waals surface area (Å²) < 4.78 is 5.03. The van der Waals surface area contributed by atoms with Crippen molar-refractivity contribution in [2.45, 2.75) is 6.92 Å². The van der Waals surface area contributed by atoms with E-state index >= 15 is 0 Å². The highest BCUT2D eigenvalue weighted by Crippen LogP contribution is 2.25. The van der Waals surface area contributed by atoms with Gasteiger partial charge in [-0.1, -0.05) is 6.07 Å². The lowest BCUT2D eigenvalue weighted by Crippen LogP contribution is -2.14. The van der Waals surface area contributed by atoms with Gasteiger partial charge < -0.3 is 9.73 Å². The van der Waals surface area contributed by atoms with Crippen LogP contribution in [-0.4, -0.2) is 10.8 Å². The van der Waals surface area contributed by atoms with Gasteiger partial charge in [-0.25, -0.2) is 0 Å². The fourth-order valence-corrected chi connectivity index (χ4v) is 1.75. The minimum Gasteiger partial charge on any atom is -0.465 e. The molecule has 2 rings (SSSR count). The van der Waals surface area contributed by atoms with Gasteiger partial charge in [0.25, 0.3) is 11.6 Å². The van der Waals surface area contributed by atoms with E-state index in [1.165, 1.54) is 24.5 Å². The summed E-state index contributed by atoms with van der Waals surface area (Å²) in [6, 6.07) is 9.34. The van der Waals surface area contributed by atoms with Gasteiger partial charge in [-0.15, -0.1) is 0 Å². The molecule has 0 saturated heterocycles. The van der Waals surface area contributed by atoms with Gasteiger partial charge in [0.05, 0.1) is 11.2 Å². The standard InChI is InChI=1S/C15H11N3O4/c1-10-4-5-13(14(7-10)18(20)21)17-15(19)11(9-16)8-12-3-2-6-22-12/h2-8H,1H3,(H,17,19). The molecular weight excluding hydrogens is 286 g/mol. The minimum absolute atomic E-state index is 0.0289. The predicted octanol–water partition coefficient (Wildman–Crippen LogP) is 3.04. The first-order valence-electron chi connectivity index (χ1n) is 6.23. The fraction of sp³-hybridized carbons (Fsp3) is 0.0667. The molecule has 1 aromatic heterocycles. The lowest BCUT2D eigenvalue weighted by molar-refractivity contribution is -0.384. The third kappa shape index (κ3) is 3.37. The zero-order valence-electron chi connectivity index (χ0n) is 11.6. The van der Waals surface area contributed by atoms with Crippen LogP contribution in [0.5, 0.6) is 0 Å². The highest BCUT2D eigenvalue weighted by atomic mass is 16.6. The van der Waals surface area contributed by atoms with Crippen LogP contribution in [0.2, 0.25) is 0 Å². The summed E-state index contributed by atoms with van der Waals surface area (Å²) in [5.41, 5.74) is 0.269. The summed E-state index contributed by atoms with van der Waals surface area (Å²) in [6.45, 7) is 1.70. The van der Waals surface area contributed by atoms with E-state index in [4.69, 9.17) is 9.68 Å². The quantitative estimate of drug-likeness (QED) is 0.403. The number of nitro benzene ring substituents is 1. The van der Waals surface area contributed by atoms with Crippen LogP contribution in [0.1, 0.15) is 11.3 Å². The number of rotatable bonds is 4. The number of anilines is 1. The first-order valence-corrected chi connectivity index (χ1v) is 6.23. The molecule has 0 spiro atoms. The van der Waals surface area contributed by atoms with E-state index in [0.717, 1.165) is 0 Å². The lowest BCUT2D eigenvalue weighted by Gasteiger charge is -2.05. The number of aryl methyl sites for hydroxylation is 1. The zero-order chi connectivity index (χ0) is 16.1. The Kier molecular flexibility index (Phi) is 4.34. The average Bonchev–Trinajstić information content (AvgIpc) is 2.99. The Morgan fingerprint density at radius 3 is 2.82 bits per heavy atom. The van der Waals surface area contributed by atoms with Crippen LogP contribution in [0.25, 0.3) is 6.08 Å². The molecule has 1 N–H and O–H groups in total. The highest BCUT2D eigenvalue weighted by Gasteiger charge is 2.18. The number of amides is 1. The van der Waals surface area contributed by atoms with Gasteiger partial charge in [-0.3, -0.25) is 14.9 Å². The van der Waals surface area contributed by atoms with Crippen molar-refractivity contribution in [3.8, 4) is 6.07 Å². The molecule has 7 nitrogen and oxygen atoms in total. The SMILES string of the molecule is Cc1ccc(NC(=O)C(C#N)=Cc2ccco2)c([N+](=O)[O-])c1. The van der Waals surface area contributed by atoms with Gasteiger partial charge in [0.15, 0.2) is 0 Å². The van der Waals surface area contributed by atoms with Crippen molar-refractivity contribution in [2.75, 3.05) is 5.32 Å². The number of hydrogen-bond acceptors (Lipinski definition) is 5. The van der Waals surface area contributed by atoms with E-state index in [9.17, 15) is 14.9 Å². The van der Waals surface area contributed by atoms with E-state index in [2.05, 4.69) is 5.32 Å². The van der Waals surface area contributed by atoms with Crippen LogP contribution in [0, 0.1) is 28.4 Å². The molecule has 110 valence electrons. The van der Waals surface area contributed by atoms with Crippen molar-refractivity contribution < 1.29 is 14.1 Å². The van der Waals surface area contributed by atoms with Crippen LogP contribution in [0.15, 0.2) is 46.6 Å². The number of carbonyl (C=O) groups is 1. The molecular formula is C15H11N3O4. The molecule has 1 aromatic carbocycles. The number of nitrogens with zero attached hydrogens (tertiary/aromatic N) is 2. The number of benzene rings is 1. The van der Waals surface area contributed by atoms with Gasteiger partial charge in [-0.2, -0.15) is 5.26 Å². The largest absolute Gasteiger partial charge is 0.465 e. The normalized spacial score (nSPS) is 10.8. The Hall–Kier alpha value is -3.40. The topological polar surface area (TPSA) is 109 Å². The number of furan rings is 1. The molecule has 0 bridgehead atoms. The second kappa shape index (κ2) is 6.37. The predicted molar refractivity (Wildman–Crippen MR) is 78.8 cm³/mol. The monoisotopic (exact) mass is 297 g/mol. The number of nitrogens with one attached hydrogen (secondary N) is 1. The maximum absolute atomic E-state index is 12.1. The van der Waals surface area contributed by atoms with Crippen molar-refractivity contribution in [2.24, 2.45) is 0 Å².